The van der Waals surface area contributed by atoms with Gasteiger partial charge in [0.15, 0.2) is 0 Å². The average Bonchev–Trinajstić information content (AvgIpc) is 2.74. The van der Waals surface area contributed by atoms with E-state index in [2.05, 4.69) is 39.9 Å². The van der Waals surface area contributed by atoms with Crippen molar-refractivity contribution in [2.45, 2.75) is 85.1 Å². The lowest BCUT2D eigenvalue weighted by atomic mass is 9.85. The van der Waals surface area contributed by atoms with Crippen molar-refractivity contribution in [3.05, 3.63) is 0 Å². The predicted molar refractivity (Wildman–Crippen MR) is 81.9 cm³/mol. The monoisotopic (exact) mass is 253 g/mol. The zero-order chi connectivity index (χ0) is 13.6. The van der Waals surface area contributed by atoms with Gasteiger partial charge < -0.3 is 5.32 Å². The lowest BCUT2D eigenvalue weighted by Gasteiger charge is -2.29. The third-order valence-corrected chi connectivity index (χ3v) is 4.32. The first-order valence-electron chi connectivity index (χ1n) is 8.13. The van der Waals surface area contributed by atoms with Crippen molar-refractivity contribution in [1.29, 1.82) is 0 Å². The Morgan fingerprint density at radius 3 is 2.17 bits per heavy atom. The van der Waals surface area contributed by atoms with Crippen molar-refractivity contribution in [1.82, 2.24) is 5.32 Å². The second-order valence-electron chi connectivity index (χ2n) is 7.76. The van der Waals surface area contributed by atoms with Gasteiger partial charge in [0.1, 0.15) is 0 Å². The van der Waals surface area contributed by atoms with Gasteiger partial charge in [0.05, 0.1) is 0 Å². The third kappa shape index (κ3) is 6.78. The van der Waals surface area contributed by atoms with Gasteiger partial charge in [-0.3, -0.25) is 0 Å². The molecule has 0 saturated heterocycles. The van der Waals surface area contributed by atoms with Crippen molar-refractivity contribution < 1.29 is 0 Å². The van der Waals surface area contributed by atoms with Gasteiger partial charge in [0.2, 0.25) is 0 Å². The van der Waals surface area contributed by atoms with Crippen LogP contribution in [0.15, 0.2) is 0 Å². The Labute approximate surface area is 115 Å². The molecular weight excluding hydrogens is 218 g/mol. The van der Waals surface area contributed by atoms with E-state index in [1.807, 2.05) is 0 Å². The topological polar surface area (TPSA) is 12.0 Å². The van der Waals surface area contributed by atoms with Crippen LogP contribution in [0, 0.1) is 17.8 Å². The molecule has 0 bridgehead atoms. The Morgan fingerprint density at radius 1 is 1.06 bits per heavy atom. The average molecular weight is 253 g/mol. The highest BCUT2D eigenvalue weighted by Gasteiger charge is 2.25. The summed E-state index contributed by atoms with van der Waals surface area (Å²) in [6.07, 6.45) is 10.2. The molecule has 1 unspecified atom stereocenters. The summed E-state index contributed by atoms with van der Waals surface area (Å²) in [5, 5.41) is 3.74. The van der Waals surface area contributed by atoms with Crippen LogP contribution in [-0.4, -0.2) is 12.1 Å². The van der Waals surface area contributed by atoms with E-state index in [1.54, 1.807) is 0 Å². The molecule has 1 aliphatic carbocycles. The first-order valence-corrected chi connectivity index (χ1v) is 8.13. The fourth-order valence-corrected chi connectivity index (χ4v) is 3.16. The molecular formula is C17H35N. The van der Waals surface area contributed by atoms with Crippen LogP contribution in [0.2, 0.25) is 0 Å². The molecule has 0 heterocycles. The standard InChI is InChI=1S/C17H35N/c1-14(2)9-8-12-16(13-18-17(3,4)5)15-10-6-7-11-15/h14-16,18H,6-13H2,1-5H3. The molecule has 0 aromatic carbocycles. The molecule has 1 heteroatoms. The summed E-state index contributed by atoms with van der Waals surface area (Å²) >= 11 is 0. The summed E-state index contributed by atoms with van der Waals surface area (Å²) in [7, 11) is 0. The van der Waals surface area contributed by atoms with Gasteiger partial charge in [-0.25, -0.2) is 0 Å². The SMILES string of the molecule is CC(C)CCCC(CNC(C)(C)C)C1CCCC1. The van der Waals surface area contributed by atoms with Gasteiger partial charge in [-0.1, -0.05) is 52.4 Å². The van der Waals surface area contributed by atoms with E-state index in [0.717, 1.165) is 17.8 Å². The van der Waals surface area contributed by atoms with Crippen LogP contribution in [0.3, 0.4) is 0 Å². The normalized spacial score (nSPS) is 19.7. The number of nitrogens with one attached hydrogen (secondary N) is 1. The highest BCUT2D eigenvalue weighted by molar-refractivity contribution is 4.80. The maximum atomic E-state index is 3.74. The lowest BCUT2D eigenvalue weighted by Crippen LogP contribution is -2.40. The van der Waals surface area contributed by atoms with Crippen molar-refractivity contribution in [3.8, 4) is 0 Å². The highest BCUT2D eigenvalue weighted by atomic mass is 14.9. The van der Waals surface area contributed by atoms with Crippen LogP contribution in [-0.2, 0) is 0 Å². The molecule has 0 aromatic rings. The second kappa shape index (κ2) is 7.53. The Morgan fingerprint density at radius 2 is 1.67 bits per heavy atom. The van der Waals surface area contributed by atoms with Crippen molar-refractivity contribution in [3.63, 3.8) is 0 Å². The summed E-state index contributed by atoms with van der Waals surface area (Å²) in [6.45, 7) is 12.8. The summed E-state index contributed by atoms with van der Waals surface area (Å²) in [6, 6.07) is 0. The second-order valence-corrected chi connectivity index (χ2v) is 7.76. The van der Waals surface area contributed by atoms with Gasteiger partial charge in [0.25, 0.3) is 0 Å². The van der Waals surface area contributed by atoms with Crippen LogP contribution in [0.4, 0.5) is 0 Å². The van der Waals surface area contributed by atoms with E-state index in [0.29, 0.717) is 0 Å². The van der Waals surface area contributed by atoms with E-state index in [1.165, 1.54) is 51.5 Å². The predicted octanol–water partition coefficient (Wildman–Crippen LogP) is 5.01. The van der Waals surface area contributed by atoms with Crippen LogP contribution in [0.25, 0.3) is 0 Å². The Hall–Kier alpha value is -0.0400. The van der Waals surface area contributed by atoms with Gasteiger partial charge in [0, 0.05) is 5.54 Å². The number of hydrogen-bond donors (Lipinski definition) is 1. The number of hydrogen-bond acceptors (Lipinski definition) is 1. The zero-order valence-electron chi connectivity index (χ0n) is 13.4. The van der Waals surface area contributed by atoms with E-state index >= 15 is 0 Å². The Bertz CT molecular complexity index is 208. The minimum absolute atomic E-state index is 0.273. The molecule has 0 spiro atoms. The molecule has 1 aliphatic rings. The van der Waals surface area contributed by atoms with Crippen LogP contribution in [0.5, 0.6) is 0 Å². The largest absolute Gasteiger partial charge is 0.312 e. The molecule has 1 nitrogen and oxygen atoms in total. The third-order valence-electron chi connectivity index (χ3n) is 4.32. The fourth-order valence-electron chi connectivity index (χ4n) is 3.16. The molecule has 0 aliphatic heterocycles. The molecule has 0 aromatic heterocycles. The molecule has 1 fully saturated rings. The molecule has 0 radical (unpaired) electrons. The van der Waals surface area contributed by atoms with E-state index in [-0.39, 0.29) is 5.54 Å². The Balaban J connectivity index is 2.36. The first kappa shape index (κ1) is 16.0. The van der Waals surface area contributed by atoms with Gasteiger partial charge in [-0.2, -0.15) is 0 Å². The van der Waals surface area contributed by atoms with Gasteiger partial charge >= 0.3 is 0 Å². The van der Waals surface area contributed by atoms with Crippen molar-refractivity contribution >= 4 is 0 Å². The van der Waals surface area contributed by atoms with Crippen LogP contribution < -0.4 is 5.32 Å². The maximum absolute atomic E-state index is 3.74. The van der Waals surface area contributed by atoms with E-state index in [4.69, 9.17) is 0 Å². The molecule has 1 rings (SSSR count). The molecule has 108 valence electrons. The minimum atomic E-state index is 0.273. The first-order chi connectivity index (χ1) is 8.38. The molecule has 1 atom stereocenters. The van der Waals surface area contributed by atoms with Crippen molar-refractivity contribution in [2.75, 3.05) is 6.54 Å². The van der Waals surface area contributed by atoms with Gasteiger partial charge in [-0.05, 0) is 51.5 Å². The molecule has 18 heavy (non-hydrogen) atoms. The van der Waals surface area contributed by atoms with E-state index in [9.17, 15) is 0 Å². The molecule has 0 amide bonds. The zero-order valence-corrected chi connectivity index (χ0v) is 13.4. The number of rotatable bonds is 7. The maximum Gasteiger partial charge on any atom is 0.00966 e. The van der Waals surface area contributed by atoms with Crippen LogP contribution >= 0.6 is 0 Å². The van der Waals surface area contributed by atoms with Crippen molar-refractivity contribution in [2.24, 2.45) is 17.8 Å². The Kier molecular flexibility index (Phi) is 6.70. The quantitative estimate of drug-likeness (QED) is 0.672. The fraction of sp³-hybridized carbons (Fsp3) is 1.00. The summed E-state index contributed by atoms with van der Waals surface area (Å²) in [5.41, 5.74) is 0.273. The molecule has 1 N–H and O–H groups in total. The van der Waals surface area contributed by atoms with Crippen LogP contribution in [0.1, 0.15) is 79.6 Å². The lowest BCUT2D eigenvalue weighted by molar-refractivity contribution is 0.265. The molecule has 1 saturated carbocycles. The highest BCUT2D eigenvalue weighted by Crippen LogP contribution is 2.34. The minimum Gasteiger partial charge on any atom is -0.312 e. The summed E-state index contributed by atoms with van der Waals surface area (Å²) in [5.74, 6) is 2.79. The van der Waals surface area contributed by atoms with Gasteiger partial charge in [-0.15, -0.1) is 0 Å². The van der Waals surface area contributed by atoms with E-state index < -0.39 is 0 Å². The smallest absolute Gasteiger partial charge is 0.00966 e. The summed E-state index contributed by atoms with van der Waals surface area (Å²) in [4.78, 5) is 0. The summed E-state index contributed by atoms with van der Waals surface area (Å²) < 4.78 is 0.